The van der Waals surface area contributed by atoms with E-state index in [0.717, 1.165) is 30.9 Å². The Labute approximate surface area is 116 Å². The first kappa shape index (κ1) is 12.3. The third-order valence-electron chi connectivity index (χ3n) is 2.97. The Morgan fingerprint density at radius 1 is 1.32 bits per heavy atom. The second-order valence-electron chi connectivity index (χ2n) is 4.47. The minimum Gasteiger partial charge on any atom is -0.311 e. The van der Waals surface area contributed by atoms with Crippen molar-refractivity contribution < 1.29 is 0 Å². The molecule has 19 heavy (non-hydrogen) atoms. The number of nitrogens with zero attached hydrogens (tertiary/aromatic N) is 3. The van der Waals surface area contributed by atoms with Crippen LogP contribution in [-0.2, 0) is 6.54 Å². The molecule has 0 unspecified atom stereocenters. The van der Waals surface area contributed by atoms with Gasteiger partial charge in [-0.15, -0.1) is 16.4 Å². The average molecular weight is 272 g/mol. The minimum absolute atomic E-state index is 0.772. The Bertz CT molecular complexity index is 671. The van der Waals surface area contributed by atoms with E-state index in [2.05, 4.69) is 52.2 Å². The molecule has 4 nitrogen and oxygen atoms in total. The van der Waals surface area contributed by atoms with Gasteiger partial charge >= 0.3 is 0 Å². The Balaban J connectivity index is 1.81. The number of benzene rings is 1. The number of hydrogen-bond donors (Lipinski definition) is 1. The lowest BCUT2D eigenvalue weighted by Crippen LogP contribution is -2.13. The molecule has 0 bridgehead atoms. The summed E-state index contributed by atoms with van der Waals surface area (Å²) < 4.78 is 3.13. The summed E-state index contributed by atoms with van der Waals surface area (Å²) in [5.41, 5.74) is 2.03. The molecule has 0 amide bonds. The predicted molar refractivity (Wildman–Crippen MR) is 78.7 cm³/mol. The van der Waals surface area contributed by atoms with Crippen molar-refractivity contribution in [3.63, 3.8) is 0 Å². The monoisotopic (exact) mass is 272 g/mol. The molecule has 0 aliphatic carbocycles. The van der Waals surface area contributed by atoms with Crippen molar-refractivity contribution in [1.29, 1.82) is 0 Å². The summed E-state index contributed by atoms with van der Waals surface area (Å²) in [6.45, 7) is 3.93. The smallest absolute Gasteiger partial charge is 0.0969 e. The van der Waals surface area contributed by atoms with E-state index in [1.54, 1.807) is 11.3 Å². The van der Waals surface area contributed by atoms with Gasteiger partial charge in [-0.05, 0) is 48.0 Å². The lowest BCUT2D eigenvalue weighted by molar-refractivity contribution is 0.662. The molecule has 0 saturated carbocycles. The first-order valence-electron chi connectivity index (χ1n) is 6.46. The van der Waals surface area contributed by atoms with Crippen LogP contribution in [0.1, 0.15) is 19.0 Å². The summed E-state index contributed by atoms with van der Waals surface area (Å²) in [4.78, 5) is 0. The van der Waals surface area contributed by atoms with Crippen LogP contribution >= 0.6 is 11.3 Å². The molecule has 5 heteroatoms. The van der Waals surface area contributed by atoms with Gasteiger partial charge in [-0.3, -0.25) is 0 Å². The van der Waals surface area contributed by atoms with Gasteiger partial charge < -0.3 is 5.32 Å². The molecule has 3 rings (SSSR count). The van der Waals surface area contributed by atoms with Crippen molar-refractivity contribution in [3.05, 3.63) is 41.5 Å². The highest BCUT2D eigenvalue weighted by Gasteiger charge is 2.04. The third-order valence-corrected chi connectivity index (χ3v) is 3.87. The fraction of sp³-hybridized carbons (Fsp3) is 0.286. The van der Waals surface area contributed by atoms with Gasteiger partial charge in [0.2, 0.25) is 0 Å². The molecule has 0 aliphatic rings. The average Bonchev–Trinajstić information content (AvgIpc) is 3.06. The second kappa shape index (κ2) is 5.50. The van der Waals surface area contributed by atoms with Crippen LogP contribution in [0.5, 0.6) is 0 Å². The van der Waals surface area contributed by atoms with Crippen LogP contribution in [0.3, 0.4) is 0 Å². The van der Waals surface area contributed by atoms with E-state index in [-0.39, 0.29) is 0 Å². The molecule has 0 saturated heterocycles. The fourth-order valence-corrected chi connectivity index (χ4v) is 2.77. The molecule has 0 radical (unpaired) electrons. The molecule has 0 fully saturated rings. The third kappa shape index (κ3) is 2.67. The first-order valence-corrected chi connectivity index (χ1v) is 7.34. The number of hydrogen-bond acceptors (Lipinski definition) is 4. The van der Waals surface area contributed by atoms with Crippen molar-refractivity contribution in [1.82, 2.24) is 20.3 Å². The van der Waals surface area contributed by atoms with E-state index in [1.165, 1.54) is 10.1 Å². The number of aromatic nitrogens is 3. The molecule has 98 valence electrons. The van der Waals surface area contributed by atoms with Gasteiger partial charge in [0.05, 0.1) is 17.6 Å². The topological polar surface area (TPSA) is 42.7 Å². The maximum absolute atomic E-state index is 4.19. The van der Waals surface area contributed by atoms with Gasteiger partial charge in [0.1, 0.15) is 0 Å². The zero-order valence-electron chi connectivity index (χ0n) is 10.8. The van der Waals surface area contributed by atoms with Crippen LogP contribution in [0.25, 0.3) is 15.8 Å². The number of fused-ring (bicyclic) bond motifs is 1. The van der Waals surface area contributed by atoms with Crippen molar-refractivity contribution in [2.24, 2.45) is 0 Å². The molecule has 0 aliphatic heterocycles. The van der Waals surface area contributed by atoms with Crippen LogP contribution in [0.15, 0.2) is 35.8 Å². The quantitative estimate of drug-likeness (QED) is 0.726. The number of rotatable bonds is 5. The normalized spacial score (nSPS) is 11.2. The van der Waals surface area contributed by atoms with Gasteiger partial charge in [-0.1, -0.05) is 12.1 Å². The standard InChI is InChI=1S/C14H16N4S/c1-2-6-15-9-12-10-18(17-16-12)13-3-4-14-11(8-13)5-7-19-14/h3-5,7-8,10,15H,2,6,9H2,1H3. The Morgan fingerprint density at radius 2 is 2.26 bits per heavy atom. The van der Waals surface area contributed by atoms with Gasteiger partial charge in [0.15, 0.2) is 0 Å². The molecular formula is C14H16N4S. The molecule has 1 N–H and O–H groups in total. The maximum Gasteiger partial charge on any atom is 0.0969 e. The lowest BCUT2D eigenvalue weighted by Gasteiger charge is -2.00. The summed E-state index contributed by atoms with van der Waals surface area (Å²) in [6, 6.07) is 8.48. The Hall–Kier alpha value is -1.72. The molecule has 3 aromatic rings. The van der Waals surface area contributed by atoms with E-state index in [1.807, 2.05) is 10.9 Å². The summed E-state index contributed by atoms with van der Waals surface area (Å²) in [6.07, 6.45) is 3.11. The van der Waals surface area contributed by atoms with Crippen molar-refractivity contribution >= 4 is 21.4 Å². The predicted octanol–water partition coefficient (Wildman–Crippen LogP) is 2.98. The van der Waals surface area contributed by atoms with Gasteiger partial charge in [0, 0.05) is 11.2 Å². The van der Waals surface area contributed by atoms with E-state index >= 15 is 0 Å². The molecule has 0 atom stereocenters. The fourth-order valence-electron chi connectivity index (χ4n) is 2.00. The zero-order chi connectivity index (χ0) is 13.1. The second-order valence-corrected chi connectivity index (χ2v) is 5.42. The number of thiophene rings is 1. The number of nitrogens with one attached hydrogen (secondary N) is 1. The summed E-state index contributed by atoms with van der Waals surface area (Å²) in [5, 5.41) is 15.1. The highest BCUT2D eigenvalue weighted by atomic mass is 32.1. The van der Waals surface area contributed by atoms with Crippen LogP contribution < -0.4 is 5.32 Å². The van der Waals surface area contributed by atoms with E-state index in [9.17, 15) is 0 Å². The van der Waals surface area contributed by atoms with Crippen molar-refractivity contribution in [2.45, 2.75) is 19.9 Å². The zero-order valence-corrected chi connectivity index (χ0v) is 11.7. The van der Waals surface area contributed by atoms with Crippen LogP contribution in [0.2, 0.25) is 0 Å². The van der Waals surface area contributed by atoms with Crippen LogP contribution in [0, 0.1) is 0 Å². The highest BCUT2D eigenvalue weighted by molar-refractivity contribution is 7.17. The van der Waals surface area contributed by atoms with E-state index in [0.29, 0.717) is 0 Å². The maximum atomic E-state index is 4.19. The SMILES string of the molecule is CCCNCc1cn(-c2ccc3sccc3c2)nn1. The van der Waals surface area contributed by atoms with Gasteiger partial charge in [0.25, 0.3) is 0 Å². The Morgan fingerprint density at radius 3 is 3.16 bits per heavy atom. The van der Waals surface area contributed by atoms with Crippen molar-refractivity contribution in [2.75, 3.05) is 6.54 Å². The molecule has 2 aromatic heterocycles. The van der Waals surface area contributed by atoms with E-state index in [4.69, 9.17) is 0 Å². The molecule has 2 heterocycles. The molecule has 0 spiro atoms. The minimum atomic E-state index is 0.772. The van der Waals surface area contributed by atoms with Crippen LogP contribution in [-0.4, -0.2) is 21.5 Å². The first-order chi connectivity index (χ1) is 9.36. The Kier molecular flexibility index (Phi) is 3.57. The highest BCUT2D eigenvalue weighted by Crippen LogP contribution is 2.23. The van der Waals surface area contributed by atoms with Crippen LogP contribution in [0.4, 0.5) is 0 Å². The summed E-state index contributed by atoms with van der Waals surface area (Å²) in [5.74, 6) is 0. The lowest BCUT2D eigenvalue weighted by atomic mass is 10.2. The van der Waals surface area contributed by atoms with Gasteiger partial charge in [-0.25, -0.2) is 4.68 Å². The molecular weight excluding hydrogens is 256 g/mol. The summed E-state index contributed by atoms with van der Waals surface area (Å²) >= 11 is 1.75. The largest absolute Gasteiger partial charge is 0.311 e. The van der Waals surface area contributed by atoms with E-state index < -0.39 is 0 Å². The van der Waals surface area contributed by atoms with Crippen molar-refractivity contribution in [3.8, 4) is 5.69 Å². The van der Waals surface area contributed by atoms with Gasteiger partial charge in [-0.2, -0.15) is 0 Å². The molecule has 1 aromatic carbocycles. The summed E-state index contributed by atoms with van der Waals surface area (Å²) in [7, 11) is 0.